The van der Waals surface area contributed by atoms with E-state index in [0.29, 0.717) is 43.2 Å². The van der Waals surface area contributed by atoms with Crippen LogP contribution in [0.15, 0.2) is 35.8 Å². The number of esters is 1. The van der Waals surface area contributed by atoms with Gasteiger partial charge in [0, 0.05) is 47.7 Å². The number of rotatable bonds is 7. The molecular formula is C22H22N4O6S. The fraction of sp³-hybridized carbons (Fsp3) is 0.318. The number of nitrogens with zero attached hydrogens (tertiary/aromatic N) is 4. The van der Waals surface area contributed by atoms with Crippen LogP contribution in [0.2, 0.25) is 0 Å². The van der Waals surface area contributed by atoms with Crippen LogP contribution in [0.4, 0.5) is 11.4 Å². The highest BCUT2D eigenvalue weighted by Crippen LogP contribution is 2.30. The normalized spacial score (nSPS) is 13.7. The highest BCUT2D eigenvalue weighted by molar-refractivity contribution is 7.12. The SMILES string of the molecule is Cc1cc(C(=O)COC(=O)c2ccc(N3CCOCC3)c([N+](=O)[O-])c2)c(C)n1-c1nccs1. The number of carbonyl (C=O) groups excluding carboxylic acids is 2. The fourth-order valence-corrected chi connectivity index (χ4v) is 4.58. The van der Waals surface area contributed by atoms with E-state index in [-0.39, 0.29) is 17.0 Å². The van der Waals surface area contributed by atoms with Crippen LogP contribution in [-0.4, -0.2) is 59.1 Å². The minimum Gasteiger partial charge on any atom is -0.454 e. The molecule has 1 aromatic carbocycles. The van der Waals surface area contributed by atoms with Crippen molar-refractivity contribution < 1.29 is 24.0 Å². The van der Waals surface area contributed by atoms with Gasteiger partial charge in [-0.3, -0.25) is 19.5 Å². The number of nitro benzene ring substituents is 1. The summed E-state index contributed by atoms with van der Waals surface area (Å²) >= 11 is 1.45. The maximum Gasteiger partial charge on any atom is 0.338 e. The summed E-state index contributed by atoms with van der Waals surface area (Å²) in [7, 11) is 0. The lowest BCUT2D eigenvalue weighted by Gasteiger charge is -2.28. The lowest BCUT2D eigenvalue weighted by Crippen LogP contribution is -2.36. The quantitative estimate of drug-likeness (QED) is 0.223. The van der Waals surface area contributed by atoms with E-state index in [4.69, 9.17) is 9.47 Å². The molecule has 3 heterocycles. The van der Waals surface area contributed by atoms with E-state index in [0.717, 1.165) is 10.8 Å². The Kier molecular flexibility index (Phi) is 6.52. The maximum absolute atomic E-state index is 12.7. The van der Waals surface area contributed by atoms with E-state index < -0.39 is 17.5 Å². The van der Waals surface area contributed by atoms with Crippen LogP contribution in [0.25, 0.3) is 5.13 Å². The highest BCUT2D eigenvalue weighted by atomic mass is 32.1. The number of ketones is 1. The van der Waals surface area contributed by atoms with E-state index in [1.807, 2.05) is 21.8 Å². The Morgan fingerprint density at radius 1 is 1.24 bits per heavy atom. The van der Waals surface area contributed by atoms with E-state index in [9.17, 15) is 19.7 Å². The fourth-order valence-electron chi connectivity index (χ4n) is 3.83. The van der Waals surface area contributed by atoms with Crippen LogP contribution in [0, 0.1) is 24.0 Å². The molecule has 0 radical (unpaired) electrons. The first-order chi connectivity index (χ1) is 15.9. The number of hydrogen-bond donors (Lipinski definition) is 0. The molecule has 0 spiro atoms. The number of hydrogen-bond acceptors (Lipinski definition) is 9. The second-order valence-electron chi connectivity index (χ2n) is 7.49. The zero-order valence-electron chi connectivity index (χ0n) is 18.1. The van der Waals surface area contributed by atoms with Crippen LogP contribution < -0.4 is 4.90 Å². The molecule has 1 aliphatic heterocycles. The number of thiazole rings is 1. The van der Waals surface area contributed by atoms with Gasteiger partial charge in [0.25, 0.3) is 5.69 Å². The predicted octanol–water partition coefficient (Wildman–Crippen LogP) is 3.34. The van der Waals surface area contributed by atoms with Gasteiger partial charge in [0.2, 0.25) is 5.78 Å². The van der Waals surface area contributed by atoms with Gasteiger partial charge in [0.15, 0.2) is 11.7 Å². The van der Waals surface area contributed by atoms with Gasteiger partial charge in [-0.1, -0.05) is 0 Å². The summed E-state index contributed by atoms with van der Waals surface area (Å²) in [6.07, 6.45) is 1.69. The maximum atomic E-state index is 12.7. The molecule has 0 aliphatic carbocycles. The second-order valence-corrected chi connectivity index (χ2v) is 8.37. The van der Waals surface area contributed by atoms with Crippen LogP contribution in [-0.2, 0) is 9.47 Å². The van der Waals surface area contributed by atoms with Crippen molar-refractivity contribution in [3.63, 3.8) is 0 Å². The van der Waals surface area contributed by atoms with E-state index >= 15 is 0 Å². The average Bonchev–Trinajstić information content (AvgIpc) is 3.44. The number of aromatic nitrogens is 2. The minimum atomic E-state index is -0.797. The number of carbonyl (C=O) groups is 2. The van der Waals surface area contributed by atoms with Crippen molar-refractivity contribution in [2.75, 3.05) is 37.8 Å². The lowest BCUT2D eigenvalue weighted by atomic mass is 10.1. The van der Waals surface area contributed by atoms with Crippen LogP contribution in [0.1, 0.15) is 32.1 Å². The van der Waals surface area contributed by atoms with Crippen molar-refractivity contribution in [1.29, 1.82) is 0 Å². The molecule has 0 N–H and O–H groups in total. The van der Waals surface area contributed by atoms with Gasteiger partial charge in [0.1, 0.15) is 5.69 Å². The molecule has 1 saturated heterocycles. The molecule has 0 bridgehead atoms. The Labute approximate surface area is 193 Å². The Hall–Kier alpha value is -3.57. The molecule has 10 nitrogen and oxygen atoms in total. The average molecular weight is 471 g/mol. The van der Waals surface area contributed by atoms with Gasteiger partial charge in [-0.2, -0.15) is 0 Å². The zero-order valence-corrected chi connectivity index (χ0v) is 19.0. The van der Waals surface area contributed by atoms with Gasteiger partial charge in [-0.25, -0.2) is 9.78 Å². The number of benzene rings is 1. The Morgan fingerprint density at radius 3 is 2.67 bits per heavy atom. The molecule has 2 aromatic heterocycles. The standard InChI is InChI=1S/C22H22N4O6S/c1-14-11-17(15(2)25(14)22-23-5-10-33-22)20(27)13-32-21(28)16-3-4-18(19(12-16)26(29)30)24-6-8-31-9-7-24/h3-5,10-12H,6-9,13H2,1-2H3. The third-order valence-electron chi connectivity index (χ3n) is 5.44. The van der Waals surface area contributed by atoms with Crippen molar-refractivity contribution in [1.82, 2.24) is 9.55 Å². The number of nitro groups is 1. The largest absolute Gasteiger partial charge is 0.454 e. The van der Waals surface area contributed by atoms with Gasteiger partial charge in [0.05, 0.1) is 23.7 Å². The molecule has 33 heavy (non-hydrogen) atoms. The van der Waals surface area contributed by atoms with E-state index in [1.165, 1.54) is 29.5 Å². The smallest absolute Gasteiger partial charge is 0.338 e. The van der Waals surface area contributed by atoms with E-state index in [1.54, 1.807) is 19.2 Å². The van der Waals surface area contributed by atoms with Gasteiger partial charge >= 0.3 is 5.97 Å². The third-order valence-corrected chi connectivity index (χ3v) is 6.19. The van der Waals surface area contributed by atoms with Crippen molar-refractivity contribution >= 4 is 34.5 Å². The first-order valence-corrected chi connectivity index (χ1v) is 11.1. The van der Waals surface area contributed by atoms with Crippen molar-refractivity contribution in [2.45, 2.75) is 13.8 Å². The van der Waals surface area contributed by atoms with Crippen molar-refractivity contribution in [2.24, 2.45) is 0 Å². The summed E-state index contributed by atoms with van der Waals surface area (Å²) in [5.41, 5.74) is 2.22. The topological polar surface area (TPSA) is 117 Å². The summed E-state index contributed by atoms with van der Waals surface area (Å²) < 4.78 is 12.4. The number of ether oxygens (including phenoxy) is 2. The summed E-state index contributed by atoms with van der Waals surface area (Å²) in [5.74, 6) is -1.16. The first kappa shape index (κ1) is 22.6. The molecule has 3 aromatic rings. The number of morpholine rings is 1. The predicted molar refractivity (Wildman–Crippen MR) is 122 cm³/mol. The van der Waals surface area contributed by atoms with Crippen molar-refractivity contribution in [3.05, 3.63) is 68.5 Å². The summed E-state index contributed by atoms with van der Waals surface area (Å²) in [4.78, 5) is 42.5. The Morgan fingerprint density at radius 2 is 2.00 bits per heavy atom. The molecule has 11 heteroatoms. The van der Waals surface area contributed by atoms with Gasteiger partial charge < -0.3 is 14.4 Å². The Balaban J connectivity index is 1.48. The number of Topliss-reactive ketones (excluding diaryl/α,β-unsaturated/α-hetero) is 1. The molecule has 172 valence electrons. The Bertz CT molecular complexity index is 1200. The molecule has 0 atom stereocenters. The minimum absolute atomic E-state index is 0.0137. The van der Waals surface area contributed by atoms with Crippen LogP contribution >= 0.6 is 11.3 Å². The van der Waals surface area contributed by atoms with Gasteiger partial charge in [-0.05, 0) is 32.0 Å². The molecule has 0 saturated carbocycles. The molecule has 0 unspecified atom stereocenters. The first-order valence-electron chi connectivity index (χ1n) is 10.3. The summed E-state index contributed by atoms with van der Waals surface area (Å²) in [6, 6.07) is 5.92. The third kappa shape index (κ3) is 4.64. The number of anilines is 1. The molecule has 4 rings (SSSR count). The second kappa shape index (κ2) is 9.51. The van der Waals surface area contributed by atoms with Crippen LogP contribution in [0.5, 0.6) is 0 Å². The zero-order chi connectivity index (χ0) is 23.5. The van der Waals surface area contributed by atoms with Crippen LogP contribution in [0.3, 0.4) is 0 Å². The highest BCUT2D eigenvalue weighted by Gasteiger charge is 2.25. The number of aryl methyl sites for hydroxylation is 1. The monoisotopic (exact) mass is 470 g/mol. The molecule has 1 fully saturated rings. The van der Waals surface area contributed by atoms with Gasteiger partial charge in [-0.15, -0.1) is 11.3 Å². The lowest BCUT2D eigenvalue weighted by molar-refractivity contribution is -0.384. The summed E-state index contributed by atoms with van der Waals surface area (Å²) in [6.45, 7) is 5.21. The van der Waals surface area contributed by atoms with Crippen molar-refractivity contribution in [3.8, 4) is 5.13 Å². The summed E-state index contributed by atoms with van der Waals surface area (Å²) in [5, 5.41) is 14.2. The van der Waals surface area contributed by atoms with E-state index in [2.05, 4.69) is 4.98 Å². The molecular weight excluding hydrogens is 448 g/mol. The molecule has 0 amide bonds. The molecule has 1 aliphatic rings.